The lowest BCUT2D eigenvalue weighted by Crippen LogP contribution is -2.25. The van der Waals surface area contributed by atoms with Crippen molar-refractivity contribution in [1.29, 1.82) is 0 Å². The number of nitrogens with zero attached hydrogens (tertiary/aromatic N) is 1. The summed E-state index contributed by atoms with van der Waals surface area (Å²) < 4.78 is 0. The van der Waals surface area contributed by atoms with Crippen LogP contribution in [0.3, 0.4) is 0 Å². The first-order chi connectivity index (χ1) is 13.1. The molecule has 138 valence electrons. The number of halogens is 1. The smallest absolute Gasteiger partial charge is 0.251 e. The Kier molecular flexibility index (Phi) is 6.28. The molecule has 0 bridgehead atoms. The fourth-order valence-corrected chi connectivity index (χ4v) is 3.39. The van der Waals surface area contributed by atoms with Gasteiger partial charge in [0.25, 0.3) is 5.91 Å². The summed E-state index contributed by atoms with van der Waals surface area (Å²) in [4.78, 5) is 14.0. The minimum absolute atomic E-state index is 0.0711. The quantitative estimate of drug-likeness (QED) is 0.660. The number of nitrogens with one attached hydrogen (secondary N) is 1. The molecule has 1 atom stereocenters. The van der Waals surface area contributed by atoms with Gasteiger partial charge in [-0.2, -0.15) is 0 Å². The van der Waals surface area contributed by atoms with E-state index in [4.69, 9.17) is 11.6 Å². The van der Waals surface area contributed by atoms with Crippen LogP contribution in [0, 0.1) is 0 Å². The highest BCUT2D eigenvalue weighted by atomic mass is 35.5. The van der Waals surface area contributed by atoms with Gasteiger partial charge in [0.1, 0.15) is 0 Å². The molecule has 3 aromatic carbocycles. The maximum absolute atomic E-state index is 11.7. The van der Waals surface area contributed by atoms with Crippen molar-refractivity contribution in [2.24, 2.45) is 0 Å². The van der Waals surface area contributed by atoms with E-state index in [1.807, 2.05) is 42.5 Å². The minimum atomic E-state index is -0.0711. The van der Waals surface area contributed by atoms with Gasteiger partial charge >= 0.3 is 0 Å². The van der Waals surface area contributed by atoms with Crippen LogP contribution in [0.2, 0.25) is 5.02 Å². The maximum Gasteiger partial charge on any atom is 0.251 e. The van der Waals surface area contributed by atoms with Crippen LogP contribution in [0.1, 0.15) is 33.1 Å². The molecule has 1 amide bonds. The summed E-state index contributed by atoms with van der Waals surface area (Å²) in [6, 6.07) is 26.3. The summed E-state index contributed by atoms with van der Waals surface area (Å²) >= 11 is 6.08. The van der Waals surface area contributed by atoms with Gasteiger partial charge in [0.15, 0.2) is 0 Å². The standard InChI is InChI=1S/C23H23ClN2O/c1-25-23(27)20-10-8-17(9-11-20)16-26(2)22(18-6-4-3-5-7-18)19-12-14-21(24)15-13-19/h3-15,22H,16H2,1-2H3,(H,25,27)/t22-/m0/s1. The second kappa shape index (κ2) is 8.85. The second-order valence-corrected chi connectivity index (χ2v) is 6.99. The van der Waals surface area contributed by atoms with Crippen LogP contribution in [-0.2, 0) is 6.54 Å². The van der Waals surface area contributed by atoms with Crippen molar-refractivity contribution in [3.8, 4) is 0 Å². The lowest BCUT2D eigenvalue weighted by Gasteiger charge is -2.29. The Balaban J connectivity index is 1.86. The van der Waals surface area contributed by atoms with Crippen molar-refractivity contribution in [2.75, 3.05) is 14.1 Å². The molecule has 0 saturated carbocycles. The van der Waals surface area contributed by atoms with Crippen molar-refractivity contribution in [1.82, 2.24) is 10.2 Å². The van der Waals surface area contributed by atoms with E-state index in [-0.39, 0.29) is 11.9 Å². The van der Waals surface area contributed by atoms with Crippen molar-refractivity contribution in [3.05, 3.63) is 106 Å². The zero-order valence-electron chi connectivity index (χ0n) is 15.5. The fraction of sp³-hybridized carbons (Fsp3) is 0.174. The SMILES string of the molecule is CNC(=O)c1ccc(CN(C)[C@@H](c2ccccc2)c2ccc(Cl)cc2)cc1. The number of hydrogen-bond donors (Lipinski definition) is 1. The van der Waals surface area contributed by atoms with Crippen molar-refractivity contribution < 1.29 is 4.79 Å². The largest absolute Gasteiger partial charge is 0.355 e. The van der Waals surface area contributed by atoms with Crippen LogP contribution in [0.25, 0.3) is 0 Å². The summed E-state index contributed by atoms with van der Waals surface area (Å²) in [5, 5.41) is 3.38. The lowest BCUT2D eigenvalue weighted by molar-refractivity contribution is 0.0963. The highest BCUT2D eigenvalue weighted by Gasteiger charge is 2.19. The predicted molar refractivity (Wildman–Crippen MR) is 111 cm³/mol. The molecule has 0 aromatic heterocycles. The zero-order chi connectivity index (χ0) is 19.2. The van der Waals surface area contributed by atoms with Gasteiger partial charge in [0.05, 0.1) is 6.04 Å². The molecule has 0 unspecified atom stereocenters. The molecule has 0 radical (unpaired) electrons. The van der Waals surface area contributed by atoms with Crippen LogP contribution < -0.4 is 5.32 Å². The molecule has 0 fully saturated rings. The second-order valence-electron chi connectivity index (χ2n) is 6.56. The lowest BCUT2D eigenvalue weighted by atomic mass is 9.97. The Morgan fingerprint density at radius 2 is 1.52 bits per heavy atom. The van der Waals surface area contributed by atoms with E-state index in [2.05, 4.69) is 53.7 Å². The molecule has 0 aliphatic rings. The van der Waals surface area contributed by atoms with Gasteiger partial charge in [-0.25, -0.2) is 0 Å². The fourth-order valence-electron chi connectivity index (χ4n) is 3.27. The Labute approximate surface area is 165 Å². The average Bonchev–Trinajstić information content (AvgIpc) is 2.70. The molecule has 3 nitrogen and oxygen atoms in total. The predicted octanol–water partition coefficient (Wildman–Crippen LogP) is 4.92. The maximum atomic E-state index is 11.7. The third kappa shape index (κ3) is 4.76. The normalized spacial score (nSPS) is 12.0. The molecule has 4 heteroatoms. The number of benzene rings is 3. The number of carbonyl (C=O) groups excluding carboxylic acids is 1. The monoisotopic (exact) mass is 378 g/mol. The number of rotatable bonds is 6. The van der Waals surface area contributed by atoms with Gasteiger partial charge in [-0.15, -0.1) is 0 Å². The van der Waals surface area contributed by atoms with E-state index in [9.17, 15) is 4.79 Å². The van der Waals surface area contributed by atoms with Gasteiger partial charge in [-0.05, 0) is 48.0 Å². The highest BCUT2D eigenvalue weighted by molar-refractivity contribution is 6.30. The Hall–Kier alpha value is -2.62. The van der Waals surface area contributed by atoms with Crippen molar-refractivity contribution in [2.45, 2.75) is 12.6 Å². The van der Waals surface area contributed by atoms with Crippen molar-refractivity contribution in [3.63, 3.8) is 0 Å². The van der Waals surface area contributed by atoms with Crippen LogP contribution in [0.5, 0.6) is 0 Å². The minimum Gasteiger partial charge on any atom is -0.355 e. The first-order valence-corrected chi connectivity index (χ1v) is 9.28. The first-order valence-electron chi connectivity index (χ1n) is 8.90. The molecule has 3 rings (SSSR count). The van der Waals surface area contributed by atoms with E-state index < -0.39 is 0 Å². The summed E-state index contributed by atoms with van der Waals surface area (Å²) in [7, 11) is 3.75. The molecule has 3 aromatic rings. The van der Waals surface area contributed by atoms with Crippen molar-refractivity contribution >= 4 is 17.5 Å². The summed E-state index contributed by atoms with van der Waals surface area (Å²) in [6.07, 6.45) is 0. The molecule has 27 heavy (non-hydrogen) atoms. The zero-order valence-corrected chi connectivity index (χ0v) is 16.3. The van der Waals surface area contributed by atoms with Crippen LogP contribution in [0.4, 0.5) is 0 Å². The van der Waals surface area contributed by atoms with Gasteiger partial charge in [0, 0.05) is 24.2 Å². The Morgan fingerprint density at radius 1 is 0.926 bits per heavy atom. The third-order valence-corrected chi connectivity index (χ3v) is 4.87. The molecular weight excluding hydrogens is 356 g/mol. The van der Waals surface area contributed by atoms with Crippen LogP contribution in [0.15, 0.2) is 78.9 Å². The van der Waals surface area contributed by atoms with Gasteiger partial charge in [0.2, 0.25) is 0 Å². The van der Waals surface area contributed by atoms with E-state index >= 15 is 0 Å². The average molecular weight is 379 g/mol. The van der Waals surface area contributed by atoms with Gasteiger partial charge in [-0.1, -0.05) is 66.2 Å². The summed E-state index contributed by atoms with van der Waals surface area (Å²) in [5.41, 5.74) is 4.24. The molecule has 0 spiro atoms. The number of amides is 1. The van der Waals surface area contributed by atoms with Crippen LogP contribution in [-0.4, -0.2) is 24.9 Å². The summed E-state index contributed by atoms with van der Waals surface area (Å²) in [6.45, 7) is 0.760. The van der Waals surface area contributed by atoms with E-state index in [1.165, 1.54) is 11.1 Å². The van der Waals surface area contributed by atoms with E-state index in [0.717, 1.165) is 17.1 Å². The number of hydrogen-bond acceptors (Lipinski definition) is 2. The Bertz CT molecular complexity index is 877. The molecule has 0 aliphatic heterocycles. The molecule has 0 heterocycles. The molecule has 1 N–H and O–H groups in total. The van der Waals surface area contributed by atoms with E-state index in [0.29, 0.717) is 5.56 Å². The van der Waals surface area contributed by atoms with Gasteiger partial charge < -0.3 is 5.32 Å². The molecule has 0 aliphatic carbocycles. The highest BCUT2D eigenvalue weighted by Crippen LogP contribution is 2.29. The molecule has 0 saturated heterocycles. The summed E-state index contributed by atoms with van der Waals surface area (Å²) in [5.74, 6) is -0.0711. The topological polar surface area (TPSA) is 32.3 Å². The third-order valence-electron chi connectivity index (χ3n) is 4.62. The number of carbonyl (C=O) groups is 1. The van der Waals surface area contributed by atoms with Gasteiger partial charge in [-0.3, -0.25) is 9.69 Å². The first kappa shape index (κ1) is 19.2. The Morgan fingerprint density at radius 3 is 2.11 bits per heavy atom. The molecular formula is C23H23ClN2O. The van der Waals surface area contributed by atoms with E-state index in [1.54, 1.807) is 7.05 Å². The van der Waals surface area contributed by atoms with Crippen LogP contribution >= 0.6 is 11.6 Å².